The first-order valence-electron chi connectivity index (χ1n) is 10.5. The fourth-order valence-electron chi connectivity index (χ4n) is 2.89. The largest absolute Gasteiger partial charge is 0.508 e. The van der Waals surface area contributed by atoms with Gasteiger partial charge in [0.2, 0.25) is 17.7 Å². The van der Waals surface area contributed by atoms with Crippen molar-refractivity contribution in [2.24, 2.45) is 5.73 Å². The molecule has 5 unspecified atom stereocenters. The van der Waals surface area contributed by atoms with Crippen LogP contribution in [0.25, 0.3) is 0 Å². The van der Waals surface area contributed by atoms with E-state index in [0.29, 0.717) is 5.56 Å². The topological polar surface area (TPSA) is 228 Å². The third-order valence-electron chi connectivity index (χ3n) is 4.87. The number of aliphatic hydroxyl groups excluding tert-OH is 1. The molecule has 13 nitrogen and oxygen atoms in total. The van der Waals surface area contributed by atoms with Crippen molar-refractivity contribution in [3.05, 3.63) is 29.8 Å². The van der Waals surface area contributed by atoms with Gasteiger partial charge in [-0.1, -0.05) is 12.1 Å². The highest BCUT2D eigenvalue weighted by molar-refractivity contribution is 7.80. The van der Waals surface area contributed by atoms with Gasteiger partial charge in [-0.3, -0.25) is 19.2 Å². The molecule has 5 atom stereocenters. The molecule has 0 aliphatic rings. The van der Waals surface area contributed by atoms with E-state index in [2.05, 4.69) is 28.6 Å². The Morgan fingerprint density at radius 2 is 1.51 bits per heavy atom. The number of aliphatic hydroxyl groups is 1. The number of phenolic OH excluding ortho intramolecular Hbond substituents is 1. The van der Waals surface area contributed by atoms with Crippen LogP contribution in [0.3, 0.4) is 0 Å². The Bertz CT molecular complexity index is 911. The zero-order valence-corrected chi connectivity index (χ0v) is 19.8. The fraction of sp³-hybridized carbons (Fsp3) is 0.476. The second-order valence-electron chi connectivity index (χ2n) is 7.78. The molecule has 0 saturated heterocycles. The highest BCUT2D eigenvalue weighted by Gasteiger charge is 2.32. The van der Waals surface area contributed by atoms with Crippen LogP contribution >= 0.6 is 12.6 Å². The van der Waals surface area contributed by atoms with Crippen LogP contribution in [0.5, 0.6) is 5.75 Å². The van der Waals surface area contributed by atoms with Gasteiger partial charge in [-0.05, 0) is 31.0 Å². The van der Waals surface area contributed by atoms with Crippen LogP contribution in [0.1, 0.15) is 25.3 Å². The average molecular weight is 515 g/mol. The number of hydrogen-bond acceptors (Lipinski definition) is 9. The van der Waals surface area contributed by atoms with Gasteiger partial charge in [0.15, 0.2) is 0 Å². The van der Waals surface area contributed by atoms with Crippen LogP contribution < -0.4 is 21.7 Å². The number of carbonyl (C=O) groups excluding carboxylic acids is 3. The summed E-state index contributed by atoms with van der Waals surface area (Å²) in [6.07, 6.45) is -2.50. The lowest BCUT2D eigenvalue weighted by Crippen LogP contribution is -2.60. The molecule has 14 heteroatoms. The van der Waals surface area contributed by atoms with Crippen molar-refractivity contribution in [1.29, 1.82) is 0 Å². The minimum Gasteiger partial charge on any atom is -0.508 e. The number of nitrogens with two attached hydrogens (primary N) is 1. The standard InChI is InChI=1S/C21H30N4O9S/c1-10(26)17(25-18(30)13(22)9-35)20(32)23-14(6-7-16(28)29)19(31)24-15(21(33)34)8-11-2-4-12(27)5-3-11/h2-5,10,13-15,17,26-27,35H,6-9,22H2,1H3,(H,23,32)(H,24,31)(H,25,30)(H,28,29)(H,33,34). The number of aromatic hydroxyl groups is 1. The Hall–Kier alpha value is -3.36. The van der Waals surface area contributed by atoms with Crippen molar-refractivity contribution in [2.45, 2.75) is 56.5 Å². The predicted octanol–water partition coefficient (Wildman–Crippen LogP) is -2.02. The van der Waals surface area contributed by atoms with E-state index in [-0.39, 0.29) is 17.9 Å². The lowest BCUT2D eigenvalue weighted by molar-refractivity contribution is -0.143. The van der Waals surface area contributed by atoms with E-state index in [0.717, 1.165) is 0 Å². The average Bonchev–Trinajstić information content (AvgIpc) is 2.79. The first-order valence-corrected chi connectivity index (χ1v) is 11.2. The Morgan fingerprint density at radius 1 is 0.943 bits per heavy atom. The smallest absolute Gasteiger partial charge is 0.326 e. The molecule has 9 N–H and O–H groups in total. The van der Waals surface area contributed by atoms with E-state index in [9.17, 15) is 39.3 Å². The molecule has 0 spiro atoms. The predicted molar refractivity (Wildman–Crippen MR) is 126 cm³/mol. The molecule has 1 aromatic carbocycles. The van der Waals surface area contributed by atoms with Gasteiger partial charge in [-0.2, -0.15) is 12.6 Å². The van der Waals surface area contributed by atoms with Crippen LogP contribution in [0, 0.1) is 0 Å². The molecule has 35 heavy (non-hydrogen) atoms. The molecule has 1 aromatic rings. The number of carboxylic acid groups (broad SMARTS) is 2. The van der Waals surface area contributed by atoms with Crippen molar-refractivity contribution in [3.8, 4) is 5.75 Å². The quantitative estimate of drug-likeness (QED) is 0.124. The summed E-state index contributed by atoms with van der Waals surface area (Å²) >= 11 is 3.88. The first-order chi connectivity index (χ1) is 16.3. The molecule has 0 saturated carbocycles. The number of benzene rings is 1. The van der Waals surface area contributed by atoms with Crippen LogP contribution in [0.2, 0.25) is 0 Å². The molecule has 0 aliphatic heterocycles. The highest BCUT2D eigenvalue weighted by Crippen LogP contribution is 2.12. The number of nitrogens with one attached hydrogen (secondary N) is 3. The molecular formula is C21H30N4O9S. The molecular weight excluding hydrogens is 484 g/mol. The number of amides is 3. The zero-order valence-electron chi connectivity index (χ0n) is 18.9. The molecule has 1 rings (SSSR count). The zero-order chi connectivity index (χ0) is 26.7. The summed E-state index contributed by atoms with van der Waals surface area (Å²) in [5.41, 5.74) is 6.03. The van der Waals surface area contributed by atoms with Crippen molar-refractivity contribution < 1.29 is 44.4 Å². The third kappa shape index (κ3) is 10.2. The van der Waals surface area contributed by atoms with E-state index >= 15 is 0 Å². The van der Waals surface area contributed by atoms with Crippen molar-refractivity contribution in [2.75, 3.05) is 5.75 Å². The number of rotatable bonds is 14. The summed E-state index contributed by atoms with van der Waals surface area (Å²) in [4.78, 5) is 60.3. The minimum absolute atomic E-state index is 0.0313. The summed E-state index contributed by atoms with van der Waals surface area (Å²) in [5, 5.41) is 44.5. The summed E-state index contributed by atoms with van der Waals surface area (Å²) in [5.74, 6) is -5.49. The molecule has 0 aromatic heterocycles. The number of carbonyl (C=O) groups is 5. The maximum absolute atomic E-state index is 12.8. The first kappa shape index (κ1) is 29.7. The summed E-state index contributed by atoms with van der Waals surface area (Å²) in [6, 6.07) is 0.0927. The van der Waals surface area contributed by atoms with E-state index in [1.54, 1.807) is 0 Å². The van der Waals surface area contributed by atoms with Crippen LogP contribution in [-0.2, 0) is 30.4 Å². The Balaban J connectivity index is 3.02. The monoisotopic (exact) mass is 514 g/mol. The van der Waals surface area contributed by atoms with E-state index in [4.69, 9.17) is 10.8 Å². The number of carboxylic acids is 2. The van der Waals surface area contributed by atoms with Gasteiger partial charge in [0.05, 0.1) is 12.1 Å². The molecule has 0 fully saturated rings. The van der Waals surface area contributed by atoms with Gasteiger partial charge in [-0.15, -0.1) is 0 Å². The van der Waals surface area contributed by atoms with Gasteiger partial charge >= 0.3 is 11.9 Å². The molecule has 0 radical (unpaired) electrons. The van der Waals surface area contributed by atoms with Crippen molar-refractivity contribution in [3.63, 3.8) is 0 Å². The number of hydrogen-bond donors (Lipinski definition) is 9. The maximum atomic E-state index is 12.8. The van der Waals surface area contributed by atoms with Gasteiger partial charge in [0.25, 0.3) is 0 Å². The molecule has 0 heterocycles. The van der Waals surface area contributed by atoms with Crippen LogP contribution in [0.4, 0.5) is 0 Å². The van der Waals surface area contributed by atoms with E-state index in [1.807, 2.05) is 0 Å². The minimum atomic E-state index is -1.53. The number of aliphatic carboxylic acids is 2. The highest BCUT2D eigenvalue weighted by atomic mass is 32.1. The van der Waals surface area contributed by atoms with E-state index in [1.165, 1.54) is 31.2 Å². The van der Waals surface area contributed by atoms with Gasteiger partial charge < -0.3 is 42.1 Å². The second-order valence-corrected chi connectivity index (χ2v) is 8.14. The lowest BCUT2D eigenvalue weighted by Gasteiger charge is -2.26. The Morgan fingerprint density at radius 3 is 2.00 bits per heavy atom. The van der Waals surface area contributed by atoms with Crippen molar-refractivity contribution in [1.82, 2.24) is 16.0 Å². The van der Waals surface area contributed by atoms with Crippen molar-refractivity contribution >= 4 is 42.3 Å². The number of thiol groups is 1. The van der Waals surface area contributed by atoms with Crippen LogP contribution in [-0.4, -0.2) is 86.1 Å². The van der Waals surface area contributed by atoms with Crippen LogP contribution in [0.15, 0.2) is 24.3 Å². The molecule has 194 valence electrons. The Labute approximate surface area is 206 Å². The van der Waals surface area contributed by atoms with Gasteiger partial charge in [-0.25, -0.2) is 4.79 Å². The van der Waals surface area contributed by atoms with E-state index < -0.39 is 72.8 Å². The normalized spacial score (nSPS) is 15.1. The molecule has 0 aliphatic carbocycles. The lowest BCUT2D eigenvalue weighted by atomic mass is 10.0. The summed E-state index contributed by atoms with van der Waals surface area (Å²) in [6.45, 7) is 1.21. The van der Waals surface area contributed by atoms with Gasteiger partial charge in [0, 0.05) is 18.6 Å². The third-order valence-corrected chi connectivity index (χ3v) is 5.26. The Kier molecular flexibility index (Phi) is 12.0. The summed E-state index contributed by atoms with van der Waals surface area (Å²) in [7, 11) is 0. The summed E-state index contributed by atoms with van der Waals surface area (Å²) < 4.78 is 0. The number of phenols is 1. The molecule has 0 bridgehead atoms. The van der Waals surface area contributed by atoms with Gasteiger partial charge in [0.1, 0.15) is 23.9 Å². The fourth-order valence-corrected chi connectivity index (χ4v) is 3.05. The molecule has 3 amide bonds. The second kappa shape index (κ2) is 14.1. The maximum Gasteiger partial charge on any atom is 0.326 e. The SMILES string of the molecule is CC(O)C(NC(=O)C(N)CS)C(=O)NC(CCC(=O)O)C(=O)NC(Cc1ccc(O)cc1)C(=O)O.